The van der Waals surface area contributed by atoms with Crippen molar-refractivity contribution in [1.29, 1.82) is 0 Å². The molecule has 1 N–H and O–H groups in total. The van der Waals surface area contributed by atoms with E-state index in [1.54, 1.807) is 0 Å². The monoisotopic (exact) mass is 140 g/mol. The van der Waals surface area contributed by atoms with E-state index >= 15 is 0 Å². The van der Waals surface area contributed by atoms with Crippen molar-refractivity contribution in [1.82, 2.24) is 10.2 Å². The summed E-state index contributed by atoms with van der Waals surface area (Å²) < 4.78 is 0. The van der Waals surface area contributed by atoms with E-state index in [2.05, 4.69) is 17.3 Å². The number of likely N-dealkylation sites (tertiary alicyclic amines) is 1. The Hall–Kier alpha value is -0.0800. The Labute approximate surface area is 63.6 Å². The van der Waals surface area contributed by atoms with Gasteiger partial charge in [-0.3, -0.25) is 0 Å². The zero-order chi connectivity index (χ0) is 7.40. The van der Waals surface area contributed by atoms with Gasteiger partial charge in [-0.2, -0.15) is 0 Å². The quantitative estimate of drug-likeness (QED) is 0.581. The molecule has 2 radical (unpaired) electrons. The first-order valence-electron chi connectivity index (χ1n) is 3.98. The largest absolute Gasteiger partial charge is 0.311 e. The zero-order valence-corrected chi connectivity index (χ0v) is 6.64. The molecule has 0 spiro atoms. The molecule has 2 heteroatoms. The normalized spacial score (nSPS) is 27.6. The van der Waals surface area contributed by atoms with Gasteiger partial charge in [0.1, 0.15) is 0 Å². The summed E-state index contributed by atoms with van der Waals surface area (Å²) in [6, 6.07) is 0.774. The van der Waals surface area contributed by atoms with Crippen LogP contribution in [0.5, 0.6) is 0 Å². The van der Waals surface area contributed by atoms with Crippen LogP contribution in [0, 0.1) is 7.05 Å². The maximum absolute atomic E-state index is 5.18. The Morgan fingerprint density at radius 2 is 2.50 bits per heavy atom. The highest BCUT2D eigenvalue weighted by atomic mass is 15.1. The highest BCUT2D eigenvalue weighted by Crippen LogP contribution is 2.16. The lowest BCUT2D eigenvalue weighted by Gasteiger charge is -2.18. The molecule has 1 aliphatic rings. The molecule has 0 amide bonds. The van der Waals surface area contributed by atoms with Gasteiger partial charge in [0.05, 0.1) is 0 Å². The molecule has 1 saturated heterocycles. The maximum Gasteiger partial charge on any atom is 0.0407 e. The van der Waals surface area contributed by atoms with Gasteiger partial charge in [0.25, 0.3) is 0 Å². The van der Waals surface area contributed by atoms with Gasteiger partial charge in [0.15, 0.2) is 0 Å². The standard InChI is InChI=1S/C8H16N2/c1-9-6-5-8-4-3-7-10(8)2/h1,8-9H,3-7H2,2H3. The predicted octanol–water partition coefficient (Wildman–Crippen LogP) is 0.729. The fourth-order valence-corrected chi connectivity index (χ4v) is 1.59. The molecule has 0 saturated carbocycles. The van der Waals surface area contributed by atoms with Crippen LogP contribution in [0.2, 0.25) is 0 Å². The Kier molecular flexibility index (Phi) is 3.16. The van der Waals surface area contributed by atoms with Crippen LogP contribution in [-0.2, 0) is 0 Å². The first kappa shape index (κ1) is 8.02. The van der Waals surface area contributed by atoms with Crippen molar-refractivity contribution in [3.05, 3.63) is 7.05 Å². The fraction of sp³-hybridized carbons (Fsp3) is 0.875. The van der Waals surface area contributed by atoms with Crippen LogP contribution < -0.4 is 5.32 Å². The number of nitrogens with zero attached hydrogens (tertiary/aromatic N) is 1. The first-order chi connectivity index (χ1) is 4.84. The summed E-state index contributed by atoms with van der Waals surface area (Å²) in [4.78, 5) is 2.41. The van der Waals surface area contributed by atoms with Crippen molar-refractivity contribution in [3.63, 3.8) is 0 Å². The molecule has 0 aliphatic carbocycles. The van der Waals surface area contributed by atoms with Crippen LogP contribution in [0.4, 0.5) is 0 Å². The molecule has 0 bridgehead atoms. The molecular formula is C8H16N2. The van der Waals surface area contributed by atoms with Gasteiger partial charge >= 0.3 is 0 Å². The number of hydrogen-bond donors (Lipinski definition) is 1. The molecule has 1 aliphatic heterocycles. The van der Waals surface area contributed by atoms with E-state index < -0.39 is 0 Å². The first-order valence-corrected chi connectivity index (χ1v) is 3.98. The predicted molar refractivity (Wildman–Crippen MR) is 42.6 cm³/mol. The van der Waals surface area contributed by atoms with Crippen LogP contribution in [0.3, 0.4) is 0 Å². The van der Waals surface area contributed by atoms with Crippen LogP contribution in [0.15, 0.2) is 0 Å². The van der Waals surface area contributed by atoms with Crippen molar-refractivity contribution < 1.29 is 0 Å². The minimum atomic E-state index is 0.774. The van der Waals surface area contributed by atoms with Crippen molar-refractivity contribution in [3.8, 4) is 0 Å². The van der Waals surface area contributed by atoms with Crippen molar-refractivity contribution in [2.45, 2.75) is 25.3 Å². The molecule has 1 unspecified atom stereocenters. The average molecular weight is 140 g/mol. The smallest absolute Gasteiger partial charge is 0.0407 e. The summed E-state index contributed by atoms with van der Waals surface area (Å²) in [5.74, 6) is 0. The molecule has 0 aromatic rings. The van der Waals surface area contributed by atoms with Gasteiger partial charge in [-0.05, 0) is 39.4 Å². The fourth-order valence-electron chi connectivity index (χ4n) is 1.59. The highest BCUT2D eigenvalue weighted by Gasteiger charge is 2.19. The molecule has 0 aromatic heterocycles. The van der Waals surface area contributed by atoms with Gasteiger partial charge in [-0.1, -0.05) is 0 Å². The van der Waals surface area contributed by atoms with Gasteiger partial charge in [-0.15, -0.1) is 0 Å². The minimum absolute atomic E-state index is 0.774. The second-order valence-corrected chi connectivity index (χ2v) is 3.02. The van der Waals surface area contributed by atoms with Crippen molar-refractivity contribution in [2.75, 3.05) is 20.1 Å². The van der Waals surface area contributed by atoms with E-state index in [0.29, 0.717) is 0 Å². The molecule has 1 heterocycles. The lowest BCUT2D eigenvalue weighted by atomic mass is 10.1. The van der Waals surface area contributed by atoms with Crippen LogP contribution >= 0.6 is 0 Å². The zero-order valence-electron chi connectivity index (χ0n) is 6.64. The second kappa shape index (κ2) is 3.94. The van der Waals surface area contributed by atoms with E-state index in [1.807, 2.05) is 0 Å². The van der Waals surface area contributed by atoms with E-state index in [0.717, 1.165) is 12.6 Å². The summed E-state index contributed by atoms with van der Waals surface area (Å²) >= 11 is 0. The topological polar surface area (TPSA) is 15.3 Å². The number of nitrogens with one attached hydrogen (secondary N) is 1. The van der Waals surface area contributed by atoms with E-state index in [4.69, 9.17) is 7.05 Å². The third-order valence-electron chi connectivity index (χ3n) is 2.29. The molecule has 58 valence electrons. The molecule has 1 atom stereocenters. The van der Waals surface area contributed by atoms with Crippen molar-refractivity contribution in [2.24, 2.45) is 0 Å². The number of hydrogen-bond acceptors (Lipinski definition) is 2. The minimum Gasteiger partial charge on any atom is -0.311 e. The summed E-state index contributed by atoms with van der Waals surface area (Å²) in [7, 11) is 7.37. The average Bonchev–Trinajstić information content (AvgIpc) is 2.31. The van der Waals surface area contributed by atoms with Crippen LogP contribution in [0.1, 0.15) is 19.3 Å². The van der Waals surface area contributed by atoms with Gasteiger partial charge in [-0.25, -0.2) is 0 Å². The molecule has 2 nitrogen and oxygen atoms in total. The molecule has 1 rings (SSSR count). The summed E-state index contributed by atoms with van der Waals surface area (Å²) in [6.07, 6.45) is 3.89. The Bertz CT molecular complexity index is 93.3. The maximum atomic E-state index is 5.18. The Morgan fingerprint density at radius 3 is 3.00 bits per heavy atom. The van der Waals surface area contributed by atoms with Gasteiger partial charge in [0.2, 0.25) is 0 Å². The van der Waals surface area contributed by atoms with E-state index in [9.17, 15) is 0 Å². The Morgan fingerprint density at radius 1 is 1.70 bits per heavy atom. The molecule has 1 fully saturated rings. The van der Waals surface area contributed by atoms with E-state index in [-0.39, 0.29) is 0 Å². The van der Waals surface area contributed by atoms with Gasteiger partial charge in [0, 0.05) is 13.1 Å². The third-order valence-corrected chi connectivity index (χ3v) is 2.29. The molecule has 0 aromatic carbocycles. The summed E-state index contributed by atoms with van der Waals surface area (Å²) in [6.45, 7) is 2.20. The SMILES string of the molecule is [CH]NCCC1CCCN1C. The van der Waals surface area contributed by atoms with E-state index in [1.165, 1.54) is 25.8 Å². The second-order valence-electron chi connectivity index (χ2n) is 3.02. The molecular weight excluding hydrogens is 124 g/mol. The van der Waals surface area contributed by atoms with Gasteiger partial charge < -0.3 is 10.2 Å². The lowest BCUT2D eigenvalue weighted by Crippen LogP contribution is -2.27. The molecule has 10 heavy (non-hydrogen) atoms. The highest BCUT2D eigenvalue weighted by molar-refractivity contribution is 4.76. The summed E-state index contributed by atoms with van der Waals surface area (Å²) in [5, 5.41) is 2.69. The van der Waals surface area contributed by atoms with Crippen molar-refractivity contribution >= 4 is 0 Å². The van der Waals surface area contributed by atoms with Crippen LogP contribution in [-0.4, -0.2) is 31.1 Å². The third kappa shape index (κ3) is 1.96. The lowest BCUT2D eigenvalue weighted by molar-refractivity contribution is 0.296. The van der Waals surface area contributed by atoms with Crippen LogP contribution in [0.25, 0.3) is 0 Å². The summed E-state index contributed by atoms with van der Waals surface area (Å²) in [5.41, 5.74) is 0. The number of rotatable bonds is 3. The Balaban J connectivity index is 2.14.